The van der Waals surface area contributed by atoms with Crippen LogP contribution in [0.5, 0.6) is 11.5 Å². The van der Waals surface area contributed by atoms with Gasteiger partial charge in [0.25, 0.3) is 5.91 Å². The van der Waals surface area contributed by atoms with Gasteiger partial charge < -0.3 is 14.8 Å². The Morgan fingerprint density at radius 1 is 1.11 bits per heavy atom. The van der Waals surface area contributed by atoms with Gasteiger partial charge in [0.1, 0.15) is 18.1 Å². The van der Waals surface area contributed by atoms with Crippen LogP contribution in [-0.2, 0) is 11.2 Å². The third-order valence-electron chi connectivity index (χ3n) is 3.55. The Labute approximate surface area is 168 Å². The number of hydrogen-bond acceptors (Lipinski definition) is 5. The summed E-state index contributed by atoms with van der Waals surface area (Å²) in [4.78, 5) is 24.4. The summed E-state index contributed by atoms with van der Waals surface area (Å²) >= 11 is 5.03. The Morgan fingerprint density at radius 2 is 1.82 bits per heavy atom. The van der Waals surface area contributed by atoms with E-state index in [9.17, 15) is 9.59 Å². The highest BCUT2D eigenvalue weighted by molar-refractivity contribution is 7.80. The average Bonchev–Trinajstić information content (AvgIpc) is 2.71. The lowest BCUT2D eigenvalue weighted by atomic mass is 10.1. The highest BCUT2D eigenvalue weighted by Gasteiger charge is 2.13. The number of ether oxygens (including phenoxy) is 2. The third-order valence-corrected chi connectivity index (χ3v) is 3.76. The summed E-state index contributed by atoms with van der Waals surface area (Å²) in [7, 11) is 1.57. The smallest absolute Gasteiger partial charge is 0.273 e. The van der Waals surface area contributed by atoms with E-state index in [1.54, 1.807) is 61.7 Å². The van der Waals surface area contributed by atoms with Crippen molar-refractivity contribution in [2.45, 2.75) is 6.42 Å². The van der Waals surface area contributed by atoms with Gasteiger partial charge in [0.05, 0.1) is 19.1 Å². The van der Waals surface area contributed by atoms with Gasteiger partial charge in [0.15, 0.2) is 5.11 Å². The second-order valence-corrected chi connectivity index (χ2v) is 5.99. The first-order valence-electron chi connectivity index (χ1n) is 8.39. The molecular weight excluding hydrogens is 378 g/mol. The fourth-order valence-corrected chi connectivity index (χ4v) is 2.41. The van der Waals surface area contributed by atoms with Crippen molar-refractivity contribution in [1.29, 1.82) is 0 Å². The Balaban J connectivity index is 1.83. The van der Waals surface area contributed by atoms with Crippen LogP contribution in [0.3, 0.4) is 0 Å². The van der Waals surface area contributed by atoms with E-state index >= 15 is 0 Å². The summed E-state index contributed by atoms with van der Waals surface area (Å²) in [5, 5.41) is 2.49. The van der Waals surface area contributed by atoms with Gasteiger partial charge in [0, 0.05) is 0 Å². The Morgan fingerprint density at radius 3 is 2.50 bits per heavy atom. The highest BCUT2D eigenvalue weighted by atomic mass is 32.1. The minimum Gasteiger partial charge on any atom is -0.497 e. The van der Waals surface area contributed by atoms with Crippen molar-refractivity contribution in [2.24, 2.45) is 0 Å². The molecule has 0 spiro atoms. The van der Waals surface area contributed by atoms with Crippen molar-refractivity contribution in [3.8, 4) is 11.5 Å². The second kappa shape index (κ2) is 10.7. The van der Waals surface area contributed by atoms with Crippen LogP contribution >= 0.6 is 12.2 Å². The summed E-state index contributed by atoms with van der Waals surface area (Å²) in [5.74, 6) is 0.357. The third kappa shape index (κ3) is 6.40. The van der Waals surface area contributed by atoms with Crippen LogP contribution < -0.4 is 25.6 Å². The normalized spacial score (nSPS) is 9.75. The van der Waals surface area contributed by atoms with Crippen LogP contribution in [0.2, 0.25) is 0 Å². The van der Waals surface area contributed by atoms with Crippen LogP contribution in [0, 0.1) is 0 Å². The molecule has 0 bridgehead atoms. The van der Waals surface area contributed by atoms with E-state index in [2.05, 4.69) is 22.7 Å². The molecule has 0 heterocycles. The van der Waals surface area contributed by atoms with Crippen LogP contribution in [0.15, 0.2) is 61.2 Å². The number of para-hydroxylation sites is 1. The van der Waals surface area contributed by atoms with Crippen molar-refractivity contribution >= 4 is 29.1 Å². The lowest BCUT2D eigenvalue weighted by Gasteiger charge is -2.13. The lowest BCUT2D eigenvalue weighted by Crippen LogP contribution is -2.48. The standard InChI is InChI=1S/C20H21N3O4S/c1-3-12-27-17-7-5-4-6-16(17)19(25)22-23-20(28)21-18(24)13-14-8-10-15(26-2)11-9-14/h3-11H,1,12-13H2,2H3,(H,22,25)(H2,21,23,24,28). The topological polar surface area (TPSA) is 88.7 Å². The van der Waals surface area contributed by atoms with Gasteiger partial charge in [-0.05, 0) is 42.0 Å². The first kappa shape index (κ1) is 20.9. The quantitative estimate of drug-likeness (QED) is 0.376. The molecule has 28 heavy (non-hydrogen) atoms. The number of amides is 2. The van der Waals surface area contributed by atoms with E-state index in [0.717, 1.165) is 5.56 Å². The molecule has 0 fully saturated rings. The molecule has 0 saturated heterocycles. The van der Waals surface area contributed by atoms with Gasteiger partial charge >= 0.3 is 0 Å². The van der Waals surface area contributed by atoms with E-state index in [0.29, 0.717) is 17.1 Å². The first-order chi connectivity index (χ1) is 13.5. The van der Waals surface area contributed by atoms with Gasteiger partial charge in [-0.2, -0.15) is 0 Å². The number of methoxy groups -OCH3 is 1. The molecule has 3 N–H and O–H groups in total. The van der Waals surface area contributed by atoms with Crippen molar-refractivity contribution in [3.05, 3.63) is 72.3 Å². The fraction of sp³-hybridized carbons (Fsp3) is 0.150. The second-order valence-electron chi connectivity index (χ2n) is 5.58. The molecule has 0 aliphatic heterocycles. The molecule has 2 aromatic carbocycles. The molecule has 0 saturated carbocycles. The number of carbonyl (C=O) groups excluding carboxylic acids is 2. The predicted octanol–water partition coefficient (Wildman–Crippen LogP) is 2.14. The Hall–Kier alpha value is -3.39. The van der Waals surface area contributed by atoms with Gasteiger partial charge in [-0.15, -0.1) is 0 Å². The van der Waals surface area contributed by atoms with Crippen molar-refractivity contribution in [2.75, 3.05) is 13.7 Å². The Bertz CT molecular complexity index is 853. The molecule has 0 unspecified atom stereocenters. The maximum Gasteiger partial charge on any atom is 0.273 e. The highest BCUT2D eigenvalue weighted by Crippen LogP contribution is 2.17. The van der Waals surface area contributed by atoms with Gasteiger partial charge in [0.2, 0.25) is 5.91 Å². The largest absolute Gasteiger partial charge is 0.497 e. The maximum absolute atomic E-state index is 12.3. The van der Waals surface area contributed by atoms with Gasteiger partial charge in [-0.3, -0.25) is 20.4 Å². The summed E-state index contributed by atoms with van der Waals surface area (Å²) in [5.41, 5.74) is 6.06. The maximum atomic E-state index is 12.3. The monoisotopic (exact) mass is 399 g/mol. The van der Waals surface area contributed by atoms with Gasteiger partial charge in [-0.1, -0.05) is 36.9 Å². The molecule has 2 amide bonds. The summed E-state index contributed by atoms with van der Waals surface area (Å²) in [6.45, 7) is 3.85. The molecule has 146 valence electrons. The number of hydrogen-bond donors (Lipinski definition) is 3. The van der Waals surface area contributed by atoms with Crippen LogP contribution in [0.1, 0.15) is 15.9 Å². The summed E-state index contributed by atoms with van der Waals surface area (Å²) in [6.07, 6.45) is 1.72. The van der Waals surface area contributed by atoms with Crippen molar-refractivity contribution in [3.63, 3.8) is 0 Å². The van der Waals surface area contributed by atoms with Crippen LogP contribution in [-0.4, -0.2) is 30.6 Å². The zero-order valence-electron chi connectivity index (χ0n) is 15.4. The van der Waals surface area contributed by atoms with Crippen molar-refractivity contribution in [1.82, 2.24) is 16.2 Å². The van der Waals surface area contributed by atoms with E-state index in [-0.39, 0.29) is 24.0 Å². The van der Waals surface area contributed by atoms with E-state index in [1.165, 1.54) is 0 Å². The molecule has 2 rings (SSSR count). The molecule has 0 aromatic heterocycles. The number of carbonyl (C=O) groups is 2. The van der Waals surface area contributed by atoms with Gasteiger partial charge in [-0.25, -0.2) is 0 Å². The number of rotatable bonds is 7. The van der Waals surface area contributed by atoms with E-state index in [1.807, 2.05) is 0 Å². The minimum atomic E-state index is -0.452. The average molecular weight is 399 g/mol. The zero-order valence-corrected chi connectivity index (χ0v) is 16.2. The van der Waals surface area contributed by atoms with Crippen molar-refractivity contribution < 1.29 is 19.1 Å². The van der Waals surface area contributed by atoms with E-state index < -0.39 is 5.91 Å². The lowest BCUT2D eigenvalue weighted by molar-refractivity contribution is -0.119. The zero-order chi connectivity index (χ0) is 20.4. The predicted molar refractivity (Wildman–Crippen MR) is 110 cm³/mol. The number of benzene rings is 2. The molecule has 0 atom stereocenters. The molecule has 0 aliphatic carbocycles. The molecule has 0 radical (unpaired) electrons. The number of hydrazine groups is 1. The minimum absolute atomic E-state index is 0.0173. The fourth-order valence-electron chi connectivity index (χ4n) is 2.24. The molecule has 0 aliphatic rings. The molecule has 7 nitrogen and oxygen atoms in total. The van der Waals surface area contributed by atoms with E-state index in [4.69, 9.17) is 21.7 Å². The molecule has 2 aromatic rings. The SMILES string of the molecule is C=CCOc1ccccc1C(=O)NNC(=S)NC(=O)Cc1ccc(OC)cc1. The molecule has 8 heteroatoms. The van der Waals surface area contributed by atoms with Crippen LogP contribution in [0.4, 0.5) is 0 Å². The summed E-state index contributed by atoms with van der Waals surface area (Å²) < 4.78 is 10.5. The molecular formula is C20H21N3O4S. The Kier molecular flexibility index (Phi) is 7.98. The number of nitrogens with one attached hydrogen (secondary N) is 3. The first-order valence-corrected chi connectivity index (χ1v) is 8.80. The summed E-state index contributed by atoms with van der Waals surface area (Å²) in [6, 6.07) is 13.9. The van der Waals surface area contributed by atoms with Crippen LogP contribution in [0.25, 0.3) is 0 Å². The number of thiocarbonyl (C=S) groups is 1.